The third kappa shape index (κ3) is 17.4. The molecule has 0 radical (unpaired) electrons. The minimum absolute atomic E-state index is 0.0327. The van der Waals surface area contributed by atoms with E-state index in [0.717, 1.165) is 54.7 Å². The van der Waals surface area contributed by atoms with Crippen molar-refractivity contribution in [2.24, 2.45) is 11.3 Å². The number of carbonyl (C=O) groups excluding carboxylic acids is 3. The lowest BCUT2D eigenvalue weighted by molar-refractivity contribution is -0.137. The van der Waals surface area contributed by atoms with Crippen LogP contribution in [0.25, 0.3) is 11.2 Å². The molecule has 0 spiro atoms. The molecular formula is C32H56N7O17P3S. The number of aliphatic hydroxyl groups excluding tert-OH is 2. The molecule has 3 heterocycles. The number of nitrogens with one attached hydrogen (secondary N) is 2. The Hall–Kier alpha value is -2.44. The molecule has 1 saturated heterocycles. The number of nitrogens with zero attached hydrogens (tertiary/aromatic N) is 4. The molecule has 0 aromatic carbocycles. The normalized spacial score (nSPS) is 21.1. The lowest BCUT2D eigenvalue weighted by Gasteiger charge is -2.30. The van der Waals surface area contributed by atoms with Gasteiger partial charge in [-0.3, -0.25) is 32.5 Å². The van der Waals surface area contributed by atoms with Crippen molar-refractivity contribution in [2.45, 2.75) is 110 Å². The predicted octanol–water partition coefficient (Wildman–Crippen LogP) is 2.05. The zero-order valence-electron chi connectivity index (χ0n) is 33.6. The van der Waals surface area contributed by atoms with Crippen LogP contribution in [0.1, 0.15) is 85.3 Å². The molecule has 0 aliphatic carbocycles. The van der Waals surface area contributed by atoms with Crippen LogP contribution in [0.5, 0.6) is 0 Å². The maximum Gasteiger partial charge on any atom is 0.481 e. The number of aromatic nitrogens is 4. The Morgan fingerprint density at radius 1 is 0.967 bits per heavy atom. The van der Waals surface area contributed by atoms with Gasteiger partial charge in [-0.2, -0.15) is 4.31 Å². The summed E-state index contributed by atoms with van der Waals surface area (Å²) < 4.78 is 62.2. The maximum absolute atomic E-state index is 12.7. The standard InChI is InChI=1S/C32H56N7O17P3S/c1-20(2)10-8-6-5-7-9-11-23(41)60-15-14-34-22(40)12-13-35-30(44)27(43)32(3,4)17-53-59(50,51)56-58(48,49)52-16-21-26(55-57(45,46)47)25(42)31(54-21)39-19-38-24-28(33)36-18-37-29(24)39/h18-21,25-27,31,42-43H,5-17H2,1-4H3,(H,34,40)(H,35,44)(H,48,49)(H,50,51)(H2,33,36,37)(H2,45,46,47)/t21-,25-,26-,27+,31-/m0/s1. The number of imidazole rings is 1. The number of aliphatic hydroxyl groups is 2. The molecular weight excluding hydrogens is 879 g/mol. The number of thioether (sulfide) groups is 1. The minimum atomic E-state index is -5.57. The van der Waals surface area contributed by atoms with Gasteiger partial charge in [0.25, 0.3) is 0 Å². The fraction of sp³-hybridized carbons (Fsp3) is 0.750. The van der Waals surface area contributed by atoms with E-state index in [1.807, 2.05) is 0 Å². The summed E-state index contributed by atoms with van der Waals surface area (Å²) in [6.07, 6.45) is 0.109. The topological polar surface area (TPSA) is 364 Å². The summed E-state index contributed by atoms with van der Waals surface area (Å²) in [5, 5.41) is 26.6. The number of fused-ring (bicyclic) bond motifs is 1. The highest BCUT2D eigenvalue weighted by molar-refractivity contribution is 8.13. The number of hydrogen-bond donors (Lipinski definition) is 9. The molecule has 0 saturated carbocycles. The van der Waals surface area contributed by atoms with E-state index in [2.05, 4.69) is 48.3 Å². The molecule has 342 valence electrons. The summed E-state index contributed by atoms with van der Waals surface area (Å²) in [6.45, 7) is 4.96. The van der Waals surface area contributed by atoms with Crippen LogP contribution in [0.15, 0.2) is 12.7 Å². The van der Waals surface area contributed by atoms with Crippen molar-refractivity contribution >= 4 is 69.1 Å². The third-order valence-corrected chi connectivity index (χ3v) is 13.0. The first-order valence-electron chi connectivity index (χ1n) is 19.0. The lowest BCUT2D eigenvalue weighted by atomic mass is 9.87. The van der Waals surface area contributed by atoms with Crippen LogP contribution in [0.2, 0.25) is 0 Å². The second kappa shape index (κ2) is 23.3. The van der Waals surface area contributed by atoms with E-state index in [-0.39, 0.29) is 41.6 Å². The summed E-state index contributed by atoms with van der Waals surface area (Å²) in [7, 11) is -16.4. The average Bonchev–Trinajstić information content (AvgIpc) is 3.70. The van der Waals surface area contributed by atoms with E-state index in [1.165, 1.54) is 26.7 Å². The van der Waals surface area contributed by atoms with Crippen molar-refractivity contribution in [1.29, 1.82) is 0 Å². The Labute approximate surface area is 350 Å². The van der Waals surface area contributed by atoms with E-state index in [1.54, 1.807) is 0 Å². The molecule has 2 aromatic heterocycles. The molecule has 1 fully saturated rings. The van der Waals surface area contributed by atoms with Crippen molar-refractivity contribution < 1.29 is 80.5 Å². The fourth-order valence-electron chi connectivity index (χ4n) is 5.72. The highest BCUT2D eigenvalue weighted by Crippen LogP contribution is 2.61. The summed E-state index contributed by atoms with van der Waals surface area (Å²) >= 11 is 1.14. The van der Waals surface area contributed by atoms with E-state index < -0.39 is 84.6 Å². The molecule has 7 atom stereocenters. The van der Waals surface area contributed by atoms with Crippen LogP contribution in [0, 0.1) is 11.3 Å². The first kappa shape index (κ1) is 51.9. The van der Waals surface area contributed by atoms with E-state index in [4.69, 9.17) is 19.5 Å². The molecule has 10 N–H and O–H groups in total. The number of unbranched alkanes of at least 4 members (excludes halogenated alkanes) is 4. The number of amides is 2. The first-order valence-corrected chi connectivity index (χ1v) is 24.5. The minimum Gasteiger partial charge on any atom is -0.386 e. The Morgan fingerprint density at radius 2 is 1.63 bits per heavy atom. The Bertz CT molecular complexity index is 1890. The summed E-state index contributed by atoms with van der Waals surface area (Å²) in [5.74, 6) is -0.334. The van der Waals surface area contributed by atoms with Crippen LogP contribution < -0.4 is 16.4 Å². The van der Waals surface area contributed by atoms with Crippen LogP contribution >= 0.6 is 35.2 Å². The van der Waals surface area contributed by atoms with Gasteiger partial charge < -0.3 is 50.9 Å². The zero-order valence-corrected chi connectivity index (χ0v) is 37.1. The highest BCUT2D eigenvalue weighted by atomic mass is 32.2. The van der Waals surface area contributed by atoms with Gasteiger partial charge in [0.2, 0.25) is 11.8 Å². The number of ether oxygens (including phenoxy) is 1. The molecule has 60 heavy (non-hydrogen) atoms. The van der Waals surface area contributed by atoms with Crippen LogP contribution in [-0.4, -0.2) is 123 Å². The number of nitrogens with two attached hydrogens (primary N) is 1. The van der Waals surface area contributed by atoms with Crippen molar-refractivity contribution in [1.82, 2.24) is 30.2 Å². The monoisotopic (exact) mass is 935 g/mol. The Morgan fingerprint density at radius 3 is 2.32 bits per heavy atom. The molecule has 3 rings (SSSR count). The molecule has 0 bridgehead atoms. The van der Waals surface area contributed by atoms with Crippen LogP contribution in [0.4, 0.5) is 5.82 Å². The molecule has 1 aliphatic rings. The molecule has 28 heteroatoms. The van der Waals surface area contributed by atoms with Crippen LogP contribution in [0.3, 0.4) is 0 Å². The number of carbonyl (C=O) groups is 3. The quantitative estimate of drug-likeness (QED) is 0.0457. The summed E-state index contributed by atoms with van der Waals surface area (Å²) in [4.78, 5) is 87.9. The molecule has 24 nitrogen and oxygen atoms in total. The Kier molecular flexibility index (Phi) is 20.2. The predicted molar refractivity (Wildman–Crippen MR) is 214 cm³/mol. The first-order chi connectivity index (χ1) is 27.9. The lowest BCUT2D eigenvalue weighted by Crippen LogP contribution is -2.46. The molecule has 2 unspecified atom stereocenters. The van der Waals surface area contributed by atoms with Crippen molar-refractivity contribution in [3.8, 4) is 0 Å². The van der Waals surface area contributed by atoms with Gasteiger partial charge in [0.15, 0.2) is 22.8 Å². The van der Waals surface area contributed by atoms with Gasteiger partial charge in [-0.25, -0.2) is 28.6 Å². The molecule has 2 amide bonds. The van der Waals surface area contributed by atoms with Crippen molar-refractivity contribution in [3.05, 3.63) is 12.7 Å². The summed E-state index contributed by atoms with van der Waals surface area (Å²) in [5.41, 5.74) is 4.28. The number of phosphoric ester groups is 3. The second-order valence-electron chi connectivity index (χ2n) is 15.0. The second-order valence-corrected chi connectivity index (χ2v) is 20.4. The Balaban J connectivity index is 1.40. The van der Waals surface area contributed by atoms with E-state index in [0.29, 0.717) is 18.1 Å². The van der Waals surface area contributed by atoms with Gasteiger partial charge in [-0.1, -0.05) is 71.6 Å². The van der Waals surface area contributed by atoms with Gasteiger partial charge in [-0.05, 0) is 12.3 Å². The fourth-order valence-corrected chi connectivity index (χ4v) is 9.27. The van der Waals surface area contributed by atoms with Gasteiger partial charge >= 0.3 is 23.5 Å². The van der Waals surface area contributed by atoms with Crippen molar-refractivity contribution in [2.75, 3.05) is 37.8 Å². The SMILES string of the molecule is CC(C)CCCCCCCC(=O)SCCNC(=O)CCNC(=O)[C@@H](O)C(C)(C)COP(=O)(O)OP(=O)(O)OC[C@@H]1O[C@H](n2cnc3c(N)ncnc32)[C@@H](O)[C@H]1OP(=O)(O)O. The maximum atomic E-state index is 12.7. The van der Waals surface area contributed by atoms with Gasteiger partial charge in [0.1, 0.15) is 36.3 Å². The summed E-state index contributed by atoms with van der Waals surface area (Å²) in [6, 6.07) is 0. The number of phosphoric acid groups is 3. The smallest absolute Gasteiger partial charge is 0.386 e. The number of hydrogen-bond acceptors (Lipinski definition) is 18. The largest absolute Gasteiger partial charge is 0.481 e. The number of rotatable bonds is 27. The highest BCUT2D eigenvalue weighted by Gasteiger charge is 2.50. The third-order valence-electron chi connectivity index (χ3n) is 8.93. The van der Waals surface area contributed by atoms with Crippen molar-refractivity contribution in [3.63, 3.8) is 0 Å². The number of anilines is 1. The zero-order chi connectivity index (χ0) is 44.9. The molecule has 2 aromatic rings. The van der Waals surface area contributed by atoms with E-state index in [9.17, 15) is 57.9 Å². The van der Waals surface area contributed by atoms with Gasteiger partial charge in [0, 0.05) is 37.1 Å². The molecule has 1 aliphatic heterocycles. The van der Waals surface area contributed by atoms with Gasteiger partial charge in [0.05, 0.1) is 19.5 Å². The number of nitrogen functional groups attached to an aromatic ring is 1. The van der Waals surface area contributed by atoms with Crippen LogP contribution in [-0.2, 0) is 50.7 Å². The average molecular weight is 936 g/mol. The van der Waals surface area contributed by atoms with Gasteiger partial charge in [-0.15, -0.1) is 0 Å². The van der Waals surface area contributed by atoms with E-state index >= 15 is 0 Å².